The highest BCUT2D eigenvalue weighted by Gasteiger charge is 2.18. The van der Waals surface area contributed by atoms with E-state index < -0.39 is 10.0 Å². The molecule has 21 heavy (non-hydrogen) atoms. The highest BCUT2D eigenvalue weighted by molar-refractivity contribution is 7.92. The quantitative estimate of drug-likeness (QED) is 0.885. The predicted octanol–water partition coefficient (Wildman–Crippen LogP) is 2.99. The first-order valence-corrected chi connectivity index (χ1v) is 7.61. The topological polar surface area (TPSA) is 70.0 Å². The molecule has 0 amide bonds. The Bertz CT molecular complexity index is 877. The van der Waals surface area contributed by atoms with Gasteiger partial charge in [-0.25, -0.2) is 8.42 Å². The largest absolute Gasteiger partial charge is 0.280 e. The second-order valence-electron chi connectivity index (χ2n) is 4.09. The zero-order chi connectivity index (χ0) is 15.5. The zero-order valence-corrected chi connectivity index (χ0v) is 12.2. The summed E-state index contributed by atoms with van der Waals surface area (Å²) < 4.78 is 27.0. The molecule has 104 valence electrons. The van der Waals surface area contributed by atoms with E-state index in [9.17, 15) is 8.42 Å². The van der Waals surface area contributed by atoms with Crippen molar-refractivity contribution in [3.63, 3.8) is 0 Å². The molecule has 0 radical (unpaired) electrons. The molecule has 0 aliphatic heterocycles. The van der Waals surface area contributed by atoms with Crippen molar-refractivity contribution >= 4 is 27.3 Å². The number of nitrogens with one attached hydrogen (secondary N) is 1. The molecule has 0 unspecified atom stereocenters. The van der Waals surface area contributed by atoms with Gasteiger partial charge in [0.15, 0.2) is 0 Å². The molecule has 4 nitrogen and oxygen atoms in total. The van der Waals surface area contributed by atoms with Gasteiger partial charge in [0.1, 0.15) is 4.90 Å². The van der Waals surface area contributed by atoms with Crippen LogP contribution < -0.4 is 4.72 Å². The van der Waals surface area contributed by atoms with Crippen LogP contribution >= 0.6 is 11.6 Å². The number of hydrogen-bond donors (Lipinski definition) is 1. The third-order valence-corrected chi connectivity index (χ3v) is 4.50. The maximum absolute atomic E-state index is 12.3. The average molecular weight is 317 g/mol. The smallest absolute Gasteiger partial charge is 0.263 e. The van der Waals surface area contributed by atoms with Crippen molar-refractivity contribution in [2.24, 2.45) is 0 Å². The van der Waals surface area contributed by atoms with Crippen LogP contribution in [0.4, 0.5) is 5.69 Å². The third kappa shape index (κ3) is 3.35. The van der Waals surface area contributed by atoms with Gasteiger partial charge in [0.05, 0.1) is 22.3 Å². The highest BCUT2D eigenvalue weighted by Crippen LogP contribution is 2.25. The van der Waals surface area contributed by atoms with Crippen LogP contribution in [0.2, 0.25) is 5.02 Å². The molecule has 0 saturated heterocycles. The van der Waals surface area contributed by atoms with Crippen molar-refractivity contribution in [1.29, 1.82) is 5.26 Å². The Morgan fingerprint density at radius 3 is 2.52 bits per heavy atom. The Morgan fingerprint density at radius 2 is 1.90 bits per heavy atom. The molecule has 0 fully saturated rings. The molecule has 0 atom stereocenters. The molecule has 6 heteroatoms. The van der Waals surface area contributed by atoms with Crippen molar-refractivity contribution < 1.29 is 8.42 Å². The lowest BCUT2D eigenvalue weighted by Gasteiger charge is -2.10. The minimum absolute atomic E-state index is 0.0188. The van der Waals surface area contributed by atoms with Crippen LogP contribution in [0.1, 0.15) is 11.1 Å². The molecule has 2 aromatic carbocycles. The predicted molar refractivity (Wildman–Crippen MR) is 81.4 cm³/mol. The van der Waals surface area contributed by atoms with Crippen molar-refractivity contribution in [2.45, 2.75) is 4.90 Å². The standard InChI is InChI=1S/C15H9ClN2O2S/c1-2-11-4-3-5-13(8-11)18-21(19,20)15-7-6-12(10-17)9-14(15)16/h1,3-9,18H. The summed E-state index contributed by atoms with van der Waals surface area (Å²) in [6, 6.07) is 12.3. The summed E-state index contributed by atoms with van der Waals surface area (Å²) in [6.45, 7) is 0. The summed E-state index contributed by atoms with van der Waals surface area (Å²) >= 11 is 5.91. The third-order valence-electron chi connectivity index (χ3n) is 2.63. The molecule has 0 heterocycles. The first kappa shape index (κ1) is 14.9. The van der Waals surface area contributed by atoms with E-state index in [4.69, 9.17) is 23.3 Å². The number of benzene rings is 2. The summed E-state index contributed by atoms with van der Waals surface area (Å²) in [6.07, 6.45) is 5.27. The lowest BCUT2D eigenvalue weighted by Crippen LogP contribution is -2.13. The molecule has 2 rings (SSSR count). The fraction of sp³-hybridized carbons (Fsp3) is 0. The number of anilines is 1. The van der Waals surface area contributed by atoms with Gasteiger partial charge in [0.2, 0.25) is 0 Å². The number of terminal acetylenes is 1. The van der Waals surface area contributed by atoms with Crippen molar-refractivity contribution in [2.75, 3.05) is 4.72 Å². The molecule has 2 aromatic rings. The lowest BCUT2D eigenvalue weighted by atomic mass is 10.2. The van der Waals surface area contributed by atoms with E-state index in [1.54, 1.807) is 18.2 Å². The van der Waals surface area contributed by atoms with E-state index in [-0.39, 0.29) is 15.5 Å². The van der Waals surface area contributed by atoms with Gasteiger partial charge in [-0.05, 0) is 36.4 Å². The number of nitriles is 1. The summed E-state index contributed by atoms with van der Waals surface area (Å²) in [5.74, 6) is 2.42. The average Bonchev–Trinajstić information content (AvgIpc) is 2.46. The Kier molecular flexibility index (Phi) is 4.18. The van der Waals surface area contributed by atoms with E-state index in [1.165, 1.54) is 24.3 Å². The molecular formula is C15H9ClN2O2S. The van der Waals surface area contributed by atoms with Gasteiger partial charge in [0, 0.05) is 5.56 Å². The van der Waals surface area contributed by atoms with E-state index in [1.807, 2.05) is 6.07 Å². The van der Waals surface area contributed by atoms with Gasteiger partial charge in [0.25, 0.3) is 10.0 Å². The van der Waals surface area contributed by atoms with Gasteiger partial charge in [-0.15, -0.1) is 6.42 Å². The van der Waals surface area contributed by atoms with E-state index in [0.29, 0.717) is 11.3 Å². The summed E-state index contributed by atoms with van der Waals surface area (Å²) in [7, 11) is -3.85. The van der Waals surface area contributed by atoms with Crippen molar-refractivity contribution in [1.82, 2.24) is 0 Å². The number of sulfonamides is 1. The van der Waals surface area contributed by atoms with Crippen LogP contribution in [0, 0.1) is 23.7 Å². The molecule has 0 aliphatic carbocycles. The molecule has 0 aromatic heterocycles. The van der Waals surface area contributed by atoms with Crippen LogP contribution in [-0.2, 0) is 10.0 Å². The molecular weight excluding hydrogens is 308 g/mol. The fourth-order valence-electron chi connectivity index (χ4n) is 1.67. The van der Waals surface area contributed by atoms with Crippen LogP contribution in [-0.4, -0.2) is 8.42 Å². The normalized spacial score (nSPS) is 10.4. The Hall–Kier alpha value is -2.47. The summed E-state index contributed by atoms with van der Waals surface area (Å²) in [5, 5.41) is 8.74. The first-order valence-electron chi connectivity index (χ1n) is 5.75. The second kappa shape index (κ2) is 5.88. The minimum Gasteiger partial charge on any atom is -0.280 e. The Balaban J connectivity index is 2.39. The Labute approximate surface area is 128 Å². The molecule has 1 N–H and O–H groups in total. The molecule has 0 spiro atoms. The summed E-state index contributed by atoms with van der Waals surface area (Å²) in [5.41, 5.74) is 1.18. The maximum Gasteiger partial charge on any atom is 0.263 e. The van der Waals surface area contributed by atoms with Gasteiger partial charge in [-0.2, -0.15) is 5.26 Å². The number of halogens is 1. The van der Waals surface area contributed by atoms with Crippen LogP contribution in [0.3, 0.4) is 0 Å². The SMILES string of the molecule is C#Cc1cccc(NS(=O)(=O)c2ccc(C#N)cc2Cl)c1. The zero-order valence-electron chi connectivity index (χ0n) is 10.7. The highest BCUT2D eigenvalue weighted by atomic mass is 35.5. The van der Waals surface area contributed by atoms with Gasteiger partial charge in [-0.1, -0.05) is 23.6 Å². The number of hydrogen-bond acceptors (Lipinski definition) is 3. The lowest BCUT2D eigenvalue weighted by molar-refractivity contribution is 0.601. The van der Waals surface area contributed by atoms with E-state index >= 15 is 0 Å². The monoisotopic (exact) mass is 316 g/mol. The molecule has 0 aliphatic rings. The molecule has 0 bridgehead atoms. The van der Waals surface area contributed by atoms with Crippen LogP contribution in [0.15, 0.2) is 47.4 Å². The fourth-order valence-corrected chi connectivity index (χ4v) is 3.27. The number of nitrogens with zero attached hydrogens (tertiary/aromatic N) is 1. The van der Waals surface area contributed by atoms with Gasteiger partial charge < -0.3 is 0 Å². The number of rotatable bonds is 3. The minimum atomic E-state index is -3.85. The van der Waals surface area contributed by atoms with Crippen LogP contribution in [0.5, 0.6) is 0 Å². The molecule has 0 saturated carbocycles. The van der Waals surface area contributed by atoms with E-state index in [2.05, 4.69) is 10.6 Å². The van der Waals surface area contributed by atoms with Gasteiger partial charge >= 0.3 is 0 Å². The van der Waals surface area contributed by atoms with Crippen molar-refractivity contribution in [3.8, 4) is 18.4 Å². The van der Waals surface area contributed by atoms with Gasteiger partial charge in [-0.3, -0.25) is 4.72 Å². The summed E-state index contributed by atoms with van der Waals surface area (Å²) in [4.78, 5) is -0.103. The Morgan fingerprint density at radius 1 is 1.14 bits per heavy atom. The second-order valence-corrected chi connectivity index (χ2v) is 6.15. The van der Waals surface area contributed by atoms with E-state index in [0.717, 1.165) is 0 Å². The first-order chi connectivity index (χ1) is 9.96. The van der Waals surface area contributed by atoms with Crippen LogP contribution in [0.25, 0.3) is 0 Å². The van der Waals surface area contributed by atoms with Crippen molar-refractivity contribution in [3.05, 3.63) is 58.6 Å². The maximum atomic E-state index is 12.3.